The predicted molar refractivity (Wildman–Crippen MR) is 179 cm³/mol. The Morgan fingerprint density at radius 3 is 1.77 bits per heavy atom. The van der Waals surface area contributed by atoms with Gasteiger partial charge in [-0.2, -0.15) is 0 Å². The zero-order valence-corrected chi connectivity index (χ0v) is 24.3. The molecule has 0 spiro atoms. The third-order valence-electron chi connectivity index (χ3n) is 8.89. The zero-order chi connectivity index (χ0) is 29.0. The van der Waals surface area contributed by atoms with Crippen molar-refractivity contribution in [1.29, 1.82) is 0 Å². The SMILES string of the molecule is CC1(C)c2cc3ccccc3cc2-c2cccc(-c3ccc(C4=NC(c5ccccc5)N=C(c5ccccc5)N4)cc3)c21. The van der Waals surface area contributed by atoms with Crippen molar-refractivity contribution in [2.45, 2.75) is 25.4 Å². The van der Waals surface area contributed by atoms with Crippen LogP contribution in [0.3, 0.4) is 0 Å². The first-order valence-electron chi connectivity index (χ1n) is 14.9. The predicted octanol–water partition coefficient (Wildman–Crippen LogP) is 9.31. The molecule has 3 nitrogen and oxygen atoms in total. The smallest absolute Gasteiger partial charge is 0.169 e. The third kappa shape index (κ3) is 4.28. The highest BCUT2D eigenvalue weighted by Gasteiger charge is 2.37. The molecule has 0 saturated heterocycles. The van der Waals surface area contributed by atoms with Crippen LogP contribution in [0.2, 0.25) is 0 Å². The molecule has 1 atom stereocenters. The number of hydrogen-bond acceptors (Lipinski definition) is 3. The van der Waals surface area contributed by atoms with E-state index in [1.54, 1.807) is 0 Å². The standard InChI is InChI=1S/C40H31N3/c1-40(2)35-25-31-17-10-9-16-30(31)24-34(35)33-19-11-18-32(36(33)40)26-20-22-29(23-21-26)39-42-37(27-12-5-3-6-13-27)41-38(43-39)28-14-7-4-8-15-28/h3-25,37H,1-2H3,(H,41,42,43). The van der Waals surface area contributed by atoms with Crippen molar-refractivity contribution in [3.05, 3.63) is 167 Å². The quantitative estimate of drug-likeness (QED) is 0.232. The molecule has 0 amide bonds. The van der Waals surface area contributed by atoms with Crippen LogP contribution in [0.5, 0.6) is 0 Å². The van der Waals surface area contributed by atoms with E-state index >= 15 is 0 Å². The fraction of sp³-hybridized carbons (Fsp3) is 0.100. The van der Waals surface area contributed by atoms with E-state index in [2.05, 4.69) is 122 Å². The molecule has 1 aliphatic heterocycles. The second-order valence-electron chi connectivity index (χ2n) is 11.9. The number of nitrogens with zero attached hydrogens (tertiary/aromatic N) is 2. The Kier molecular flexibility index (Phi) is 5.87. The second-order valence-corrected chi connectivity index (χ2v) is 11.9. The summed E-state index contributed by atoms with van der Waals surface area (Å²) in [5, 5.41) is 6.10. The first-order valence-corrected chi connectivity index (χ1v) is 14.9. The average molecular weight is 554 g/mol. The van der Waals surface area contributed by atoms with Gasteiger partial charge in [0, 0.05) is 16.5 Å². The minimum absolute atomic E-state index is 0.108. The van der Waals surface area contributed by atoms with Crippen LogP contribution in [0.15, 0.2) is 150 Å². The zero-order valence-electron chi connectivity index (χ0n) is 24.3. The number of hydrogen-bond donors (Lipinski definition) is 1. The van der Waals surface area contributed by atoms with Crippen LogP contribution >= 0.6 is 0 Å². The number of amidine groups is 2. The Labute approximate surface area is 252 Å². The van der Waals surface area contributed by atoms with Crippen LogP contribution in [0.4, 0.5) is 0 Å². The molecule has 6 aromatic carbocycles. The number of nitrogens with one attached hydrogen (secondary N) is 1. The Balaban J connectivity index is 1.18. The fourth-order valence-electron chi connectivity index (χ4n) is 6.73. The first kappa shape index (κ1) is 25.4. The van der Waals surface area contributed by atoms with E-state index in [0.717, 1.165) is 28.4 Å². The average Bonchev–Trinajstić information content (AvgIpc) is 3.30. The van der Waals surface area contributed by atoms with E-state index in [1.807, 2.05) is 36.4 Å². The lowest BCUT2D eigenvalue weighted by Gasteiger charge is -2.25. The van der Waals surface area contributed by atoms with Gasteiger partial charge < -0.3 is 5.32 Å². The molecule has 8 rings (SSSR count). The van der Waals surface area contributed by atoms with E-state index < -0.39 is 0 Å². The van der Waals surface area contributed by atoms with Gasteiger partial charge in [-0.05, 0) is 61.8 Å². The second kappa shape index (κ2) is 9.92. The maximum atomic E-state index is 5.05. The minimum Gasteiger partial charge on any atom is -0.324 e. The van der Waals surface area contributed by atoms with Crippen LogP contribution in [-0.4, -0.2) is 11.7 Å². The summed E-state index contributed by atoms with van der Waals surface area (Å²) in [6.07, 6.45) is -0.306. The maximum absolute atomic E-state index is 5.05. The number of fused-ring (bicyclic) bond motifs is 4. The van der Waals surface area contributed by atoms with Gasteiger partial charge in [0.05, 0.1) is 0 Å². The van der Waals surface area contributed by atoms with Crippen molar-refractivity contribution >= 4 is 22.4 Å². The summed E-state index contributed by atoms with van der Waals surface area (Å²) in [4.78, 5) is 10.0. The van der Waals surface area contributed by atoms with Gasteiger partial charge >= 0.3 is 0 Å². The molecule has 3 heteroatoms. The molecule has 1 N–H and O–H groups in total. The molecule has 0 radical (unpaired) electrons. The third-order valence-corrected chi connectivity index (χ3v) is 8.89. The van der Waals surface area contributed by atoms with E-state index in [4.69, 9.17) is 9.98 Å². The van der Waals surface area contributed by atoms with Gasteiger partial charge in [0.25, 0.3) is 0 Å². The van der Waals surface area contributed by atoms with E-state index in [0.29, 0.717) is 0 Å². The Hall–Kier alpha value is -5.28. The fourth-order valence-corrected chi connectivity index (χ4v) is 6.73. The molecule has 0 aromatic heterocycles. The van der Waals surface area contributed by atoms with Crippen molar-refractivity contribution in [3.63, 3.8) is 0 Å². The van der Waals surface area contributed by atoms with Crippen molar-refractivity contribution in [3.8, 4) is 22.3 Å². The van der Waals surface area contributed by atoms with Gasteiger partial charge in [-0.1, -0.05) is 141 Å². The summed E-state index contributed by atoms with van der Waals surface area (Å²) in [5.74, 6) is 1.66. The molecule has 0 fully saturated rings. The Morgan fingerprint density at radius 2 is 1.07 bits per heavy atom. The van der Waals surface area contributed by atoms with Crippen LogP contribution < -0.4 is 5.32 Å². The Bertz CT molecular complexity index is 2050. The maximum Gasteiger partial charge on any atom is 0.169 e. The summed E-state index contributed by atoms with van der Waals surface area (Å²) in [6, 6.07) is 49.6. The molecule has 206 valence electrons. The van der Waals surface area contributed by atoms with Crippen molar-refractivity contribution in [2.24, 2.45) is 9.98 Å². The normalized spacial score (nSPS) is 16.6. The molecule has 2 aliphatic rings. The highest BCUT2D eigenvalue weighted by Crippen LogP contribution is 2.53. The largest absolute Gasteiger partial charge is 0.324 e. The van der Waals surface area contributed by atoms with Gasteiger partial charge in [-0.3, -0.25) is 0 Å². The summed E-state index contributed by atoms with van der Waals surface area (Å²) in [6.45, 7) is 4.72. The number of rotatable bonds is 4. The summed E-state index contributed by atoms with van der Waals surface area (Å²) in [7, 11) is 0. The highest BCUT2D eigenvalue weighted by molar-refractivity contribution is 6.16. The first-order chi connectivity index (χ1) is 21.1. The van der Waals surface area contributed by atoms with Crippen molar-refractivity contribution in [1.82, 2.24) is 5.32 Å². The lowest BCUT2D eigenvalue weighted by molar-refractivity contribution is 0.663. The lowest BCUT2D eigenvalue weighted by Crippen LogP contribution is -2.36. The topological polar surface area (TPSA) is 36.8 Å². The van der Waals surface area contributed by atoms with Crippen LogP contribution in [-0.2, 0) is 5.41 Å². The van der Waals surface area contributed by atoms with Gasteiger partial charge in [0.15, 0.2) is 6.17 Å². The molecule has 6 aromatic rings. The van der Waals surface area contributed by atoms with Crippen LogP contribution in [0.1, 0.15) is 47.8 Å². The molecule has 43 heavy (non-hydrogen) atoms. The minimum atomic E-state index is -0.306. The molecule has 1 unspecified atom stereocenters. The number of aliphatic imine (C=N–C) groups is 2. The molecule has 0 bridgehead atoms. The van der Waals surface area contributed by atoms with E-state index in [1.165, 1.54) is 44.2 Å². The number of benzene rings is 6. The van der Waals surface area contributed by atoms with Gasteiger partial charge in [0.1, 0.15) is 11.7 Å². The van der Waals surface area contributed by atoms with Crippen LogP contribution in [0.25, 0.3) is 33.0 Å². The van der Waals surface area contributed by atoms with Crippen LogP contribution in [0, 0.1) is 0 Å². The highest BCUT2D eigenvalue weighted by atomic mass is 15.2. The van der Waals surface area contributed by atoms with E-state index in [-0.39, 0.29) is 11.6 Å². The molecular formula is C40H31N3. The van der Waals surface area contributed by atoms with E-state index in [9.17, 15) is 0 Å². The van der Waals surface area contributed by atoms with Gasteiger partial charge in [0.2, 0.25) is 0 Å². The summed E-state index contributed by atoms with van der Waals surface area (Å²) in [5.41, 5.74) is 11.0. The molecule has 1 aliphatic carbocycles. The molecule has 1 heterocycles. The van der Waals surface area contributed by atoms with Crippen molar-refractivity contribution < 1.29 is 0 Å². The summed E-state index contributed by atoms with van der Waals surface area (Å²) < 4.78 is 0. The molecular weight excluding hydrogens is 522 g/mol. The molecule has 0 saturated carbocycles. The monoisotopic (exact) mass is 553 g/mol. The van der Waals surface area contributed by atoms with Gasteiger partial charge in [-0.25, -0.2) is 9.98 Å². The van der Waals surface area contributed by atoms with Crippen molar-refractivity contribution in [2.75, 3.05) is 0 Å². The Morgan fingerprint density at radius 1 is 0.512 bits per heavy atom. The summed E-state index contributed by atoms with van der Waals surface area (Å²) >= 11 is 0. The van der Waals surface area contributed by atoms with Gasteiger partial charge in [-0.15, -0.1) is 0 Å². The lowest BCUT2D eigenvalue weighted by atomic mass is 9.78.